The van der Waals surface area contributed by atoms with E-state index in [1.165, 1.54) is 22.3 Å². The van der Waals surface area contributed by atoms with E-state index in [4.69, 9.17) is 0 Å². The summed E-state index contributed by atoms with van der Waals surface area (Å²) < 4.78 is 4.60. The summed E-state index contributed by atoms with van der Waals surface area (Å²) in [6.45, 7) is 4.32. The van der Waals surface area contributed by atoms with Crippen molar-refractivity contribution < 1.29 is 0 Å². The molecule has 0 aromatic heterocycles. The highest BCUT2D eigenvalue weighted by Gasteiger charge is 2.11. The lowest BCUT2D eigenvalue weighted by molar-refractivity contribution is 1.11. The van der Waals surface area contributed by atoms with Crippen LogP contribution in [0.15, 0.2) is 42.2 Å². The van der Waals surface area contributed by atoms with E-state index in [0.29, 0.717) is 0 Å². The molecule has 0 N–H and O–H groups in total. The van der Waals surface area contributed by atoms with E-state index < -0.39 is 0 Å². The molecule has 4 heteroatoms. The molecule has 0 nitrogen and oxygen atoms in total. The first-order valence-corrected chi connectivity index (χ1v) is 9.61. The van der Waals surface area contributed by atoms with Crippen LogP contribution in [-0.4, -0.2) is 0 Å². The first-order chi connectivity index (χ1) is 9.47. The minimum absolute atomic E-state index is 1.00. The molecule has 106 valence electrons. The lowest BCUT2D eigenvalue weighted by Crippen LogP contribution is -1.90. The third kappa shape index (κ3) is 3.40. The summed E-state index contributed by atoms with van der Waals surface area (Å²) in [6, 6.07) is 8.74. The summed E-state index contributed by atoms with van der Waals surface area (Å²) in [7, 11) is 0. The second-order valence-corrected chi connectivity index (χ2v) is 7.96. The highest BCUT2D eigenvalue weighted by molar-refractivity contribution is 9.11. The van der Waals surface area contributed by atoms with Crippen molar-refractivity contribution in [1.82, 2.24) is 0 Å². The maximum Gasteiger partial charge on any atom is 0.0224 e. The maximum absolute atomic E-state index is 3.67. The first kappa shape index (κ1) is 16.7. The van der Waals surface area contributed by atoms with Gasteiger partial charge in [-0.2, -0.15) is 0 Å². The van der Waals surface area contributed by atoms with Gasteiger partial charge in [0.25, 0.3) is 0 Å². The maximum atomic E-state index is 3.67. The summed E-state index contributed by atoms with van der Waals surface area (Å²) in [5.74, 6) is 0. The van der Waals surface area contributed by atoms with Crippen molar-refractivity contribution in [3.05, 3.63) is 53.3 Å². The minimum Gasteiger partial charge on any atom is -0.0612 e. The zero-order valence-electron chi connectivity index (χ0n) is 11.2. The molecular weight excluding hydrogens is 512 g/mol. The summed E-state index contributed by atoms with van der Waals surface area (Å²) in [5.41, 5.74) is 5.00. The van der Waals surface area contributed by atoms with Gasteiger partial charge in [-0.3, -0.25) is 0 Å². The lowest BCUT2D eigenvalue weighted by Gasteiger charge is -2.12. The molecule has 0 atom stereocenters. The van der Waals surface area contributed by atoms with Gasteiger partial charge in [0.2, 0.25) is 0 Å². The van der Waals surface area contributed by atoms with Gasteiger partial charge in [0.15, 0.2) is 0 Å². The zero-order valence-corrected chi connectivity index (χ0v) is 17.6. The fraction of sp³-hybridized carbons (Fsp3) is 0.250. The number of halogens is 4. The van der Waals surface area contributed by atoms with Crippen LogP contribution in [0.2, 0.25) is 0 Å². The first-order valence-electron chi connectivity index (χ1n) is 6.44. The molecular formula is C16H14Br4. The van der Waals surface area contributed by atoms with Gasteiger partial charge >= 0.3 is 0 Å². The number of hydrogen-bond donors (Lipinski definition) is 0. The van der Waals surface area contributed by atoms with Crippen LogP contribution in [0.4, 0.5) is 0 Å². The Morgan fingerprint density at radius 2 is 0.850 bits per heavy atom. The quantitative estimate of drug-likeness (QED) is 0.388. The lowest BCUT2D eigenvalue weighted by atomic mass is 10.0. The highest BCUT2D eigenvalue weighted by Crippen LogP contribution is 2.36. The second kappa shape index (κ2) is 7.08. The van der Waals surface area contributed by atoms with Crippen LogP contribution in [0.3, 0.4) is 0 Å². The Morgan fingerprint density at radius 1 is 0.600 bits per heavy atom. The fourth-order valence-electron chi connectivity index (χ4n) is 2.21. The predicted octanol–water partition coefficient (Wildman–Crippen LogP) is 7.53. The molecule has 0 unspecified atom stereocenters. The number of rotatable bonds is 3. The van der Waals surface area contributed by atoms with E-state index in [0.717, 1.165) is 30.7 Å². The zero-order chi connectivity index (χ0) is 14.9. The normalized spacial score (nSPS) is 10.9. The Kier molecular flexibility index (Phi) is 5.92. The molecule has 0 radical (unpaired) electrons. The van der Waals surface area contributed by atoms with Gasteiger partial charge in [0, 0.05) is 17.9 Å². The molecule has 0 aliphatic carbocycles. The molecule has 2 aromatic rings. The van der Waals surface area contributed by atoms with E-state index in [1.807, 2.05) is 0 Å². The van der Waals surface area contributed by atoms with Gasteiger partial charge in [-0.05, 0) is 59.4 Å². The largest absolute Gasteiger partial charge is 0.0612 e. The highest BCUT2D eigenvalue weighted by atomic mass is 79.9. The van der Waals surface area contributed by atoms with E-state index in [1.54, 1.807) is 0 Å². The predicted molar refractivity (Wildman–Crippen MR) is 101 cm³/mol. The Morgan fingerprint density at radius 3 is 1.05 bits per heavy atom. The van der Waals surface area contributed by atoms with Crippen LogP contribution < -0.4 is 0 Å². The average Bonchev–Trinajstić information content (AvgIpc) is 2.37. The summed E-state index contributed by atoms with van der Waals surface area (Å²) in [4.78, 5) is 0. The topological polar surface area (TPSA) is 0 Å². The van der Waals surface area contributed by atoms with Gasteiger partial charge in [0.1, 0.15) is 0 Å². The second-order valence-electron chi connectivity index (χ2n) is 4.54. The molecule has 0 saturated carbocycles. The molecule has 0 aliphatic heterocycles. The Balaban J connectivity index is 2.58. The Hall–Kier alpha value is 0.360. The molecule has 0 heterocycles. The summed E-state index contributed by atoms with van der Waals surface area (Å²) in [5, 5.41) is 0. The van der Waals surface area contributed by atoms with Crippen molar-refractivity contribution >= 4 is 63.7 Å². The van der Waals surface area contributed by atoms with Crippen LogP contribution in [-0.2, 0) is 12.8 Å². The molecule has 20 heavy (non-hydrogen) atoms. The van der Waals surface area contributed by atoms with Crippen molar-refractivity contribution in [3.63, 3.8) is 0 Å². The van der Waals surface area contributed by atoms with Gasteiger partial charge < -0.3 is 0 Å². The molecule has 0 bridgehead atoms. The third-order valence-electron chi connectivity index (χ3n) is 3.32. The average molecular weight is 526 g/mol. The molecule has 0 amide bonds. The molecule has 2 rings (SSSR count). The van der Waals surface area contributed by atoms with Crippen molar-refractivity contribution in [1.29, 1.82) is 0 Å². The smallest absolute Gasteiger partial charge is 0.0224 e. The standard InChI is InChI=1S/C16H14Br4/c1-3-11-13(17)5-9(6-14(11)18)10-7-15(19)12(4-2)16(20)8-10/h5-8H,3-4H2,1-2H3. The Bertz CT molecular complexity index is 543. The summed E-state index contributed by atoms with van der Waals surface area (Å²) in [6.07, 6.45) is 2.01. The van der Waals surface area contributed by atoms with Crippen molar-refractivity contribution in [2.75, 3.05) is 0 Å². The van der Waals surface area contributed by atoms with E-state index in [9.17, 15) is 0 Å². The molecule has 0 aliphatic rings. The van der Waals surface area contributed by atoms with Gasteiger partial charge in [-0.15, -0.1) is 0 Å². The van der Waals surface area contributed by atoms with E-state index in [2.05, 4.69) is 102 Å². The van der Waals surface area contributed by atoms with Crippen LogP contribution in [0.1, 0.15) is 25.0 Å². The molecule has 0 spiro atoms. The van der Waals surface area contributed by atoms with Gasteiger partial charge in [0.05, 0.1) is 0 Å². The van der Waals surface area contributed by atoms with Crippen LogP contribution in [0.5, 0.6) is 0 Å². The van der Waals surface area contributed by atoms with E-state index in [-0.39, 0.29) is 0 Å². The fourth-order valence-corrected chi connectivity index (χ4v) is 5.71. The van der Waals surface area contributed by atoms with Crippen molar-refractivity contribution in [2.24, 2.45) is 0 Å². The van der Waals surface area contributed by atoms with Crippen LogP contribution >= 0.6 is 63.7 Å². The Labute approximate surface area is 153 Å². The van der Waals surface area contributed by atoms with Gasteiger partial charge in [-0.25, -0.2) is 0 Å². The van der Waals surface area contributed by atoms with Crippen LogP contribution in [0, 0.1) is 0 Å². The summed E-state index contributed by atoms with van der Waals surface area (Å²) >= 11 is 14.7. The monoisotopic (exact) mass is 522 g/mol. The minimum atomic E-state index is 1.00. The van der Waals surface area contributed by atoms with Crippen molar-refractivity contribution in [2.45, 2.75) is 26.7 Å². The third-order valence-corrected chi connectivity index (χ3v) is 6.15. The van der Waals surface area contributed by atoms with E-state index >= 15 is 0 Å². The SMILES string of the molecule is CCc1c(Br)cc(-c2cc(Br)c(CC)c(Br)c2)cc1Br. The van der Waals surface area contributed by atoms with Gasteiger partial charge in [-0.1, -0.05) is 77.6 Å². The molecule has 2 aromatic carbocycles. The molecule has 0 saturated heterocycles. The van der Waals surface area contributed by atoms with Crippen molar-refractivity contribution in [3.8, 4) is 11.1 Å². The number of hydrogen-bond acceptors (Lipinski definition) is 0. The number of benzene rings is 2. The van der Waals surface area contributed by atoms with Crippen LogP contribution in [0.25, 0.3) is 11.1 Å². The molecule has 0 fully saturated rings.